The van der Waals surface area contributed by atoms with E-state index >= 15 is 0 Å². The lowest BCUT2D eigenvalue weighted by Gasteiger charge is -2.44. The second kappa shape index (κ2) is 10.7. The first-order valence-corrected chi connectivity index (χ1v) is 14.0. The third-order valence-electron chi connectivity index (χ3n) is 8.04. The maximum Gasteiger partial charge on any atom is 0.162 e. The van der Waals surface area contributed by atoms with Gasteiger partial charge in [-0.05, 0) is 96.8 Å². The molecule has 0 amide bonds. The monoisotopic (exact) mass is 569 g/mol. The van der Waals surface area contributed by atoms with Gasteiger partial charge in [-0.25, -0.2) is 4.39 Å². The fraction of sp³-hybridized carbons (Fsp3) is 0.294. The molecule has 0 saturated carbocycles. The van der Waals surface area contributed by atoms with Crippen LogP contribution in [0.15, 0.2) is 77.3 Å². The number of ether oxygens (including phenoxy) is 1. The first-order chi connectivity index (χ1) is 19.4. The number of hydrogen-bond acceptors (Lipinski definition) is 5. The summed E-state index contributed by atoms with van der Waals surface area (Å²) < 4.78 is 19.3. The number of nitriles is 1. The second-order valence-corrected chi connectivity index (χ2v) is 12.2. The maximum atomic E-state index is 14.0. The molecule has 3 aromatic rings. The summed E-state index contributed by atoms with van der Waals surface area (Å²) in [7, 11) is 0. The number of benzene rings is 3. The number of anilines is 1. The van der Waals surface area contributed by atoms with Crippen molar-refractivity contribution in [1.82, 2.24) is 0 Å². The normalized spacial score (nSPS) is 18.3. The van der Waals surface area contributed by atoms with Gasteiger partial charge in [0.1, 0.15) is 24.0 Å². The van der Waals surface area contributed by atoms with Crippen LogP contribution in [0.1, 0.15) is 60.4 Å². The smallest absolute Gasteiger partial charge is 0.162 e. The summed E-state index contributed by atoms with van der Waals surface area (Å²) in [5.41, 5.74) is 13.6. The van der Waals surface area contributed by atoms with Gasteiger partial charge < -0.3 is 10.5 Å². The van der Waals surface area contributed by atoms with E-state index in [2.05, 4.69) is 19.9 Å². The van der Waals surface area contributed by atoms with Crippen molar-refractivity contribution in [2.24, 2.45) is 11.1 Å². The standard InChI is InChI=1S/C34H33ClFN3O2/c1-19-6-9-24(14-28(19)35)39-29-15-34(4,5)16-30(40)32(29)31(27(17-37)33(39)38)26-13-22(20(2)12-21(26)3)18-41-25-10-7-23(36)8-11-25/h6-14,31H,15-16,18,38H2,1-5H3. The van der Waals surface area contributed by atoms with Gasteiger partial charge >= 0.3 is 0 Å². The van der Waals surface area contributed by atoms with E-state index in [4.69, 9.17) is 22.1 Å². The number of carbonyl (C=O) groups is 1. The summed E-state index contributed by atoms with van der Waals surface area (Å²) in [5, 5.41) is 11.1. The number of rotatable bonds is 5. The number of ketones is 1. The molecule has 0 aromatic heterocycles. The van der Waals surface area contributed by atoms with Crippen LogP contribution in [-0.2, 0) is 11.4 Å². The molecule has 0 radical (unpaired) electrons. The van der Waals surface area contributed by atoms with E-state index in [1.54, 1.807) is 12.1 Å². The minimum Gasteiger partial charge on any atom is -0.489 e. The van der Waals surface area contributed by atoms with Crippen molar-refractivity contribution in [2.75, 3.05) is 4.90 Å². The van der Waals surface area contributed by atoms with Crippen LogP contribution in [0, 0.1) is 43.3 Å². The van der Waals surface area contributed by atoms with Gasteiger partial charge in [0.2, 0.25) is 0 Å². The first-order valence-electron chi connectivity index (χ1n) is 13.6. The first kappa shape index (κ1) is 28.4. The molecule has 0 spiro atoms. The number of Topliss-reactive ketones (excluding diaryl/α,β-unsaturated/α-hetero) is 1. The lowest BCUT2D eigenvalue weighted by Crippen LogP contribution is -2.42. The summed E-state index contributed by atoms with van der Waals surface area (Å²) in [6, 6.07) is 18.0. The Balaban J connectivity index is 1.66. The summed E-state index contributed by atoms with van der Waals surface area (Å²) in [5.74, 6) is -0.0850. The van der Waals surface area contributed by atoms with Crippen molar-refractivity contribution in [1.29, 1.82) is 5.26 Å². The topological polar surface area (TPSA) is 79.3 Å². The molecule has 210 valence electrons. The molecule has 0 saturated heterocycles. The Hall–Kier alpha value is -4.08. The van der Waals surface area contributed by atoms with Gasteiger partial charge in [-0.2, -0.15) is 5.26 Å². The minimum absolute atomic E-state index is 0.00814. The predicted octanol–water partition coefficient (Wildman–Crippen LogP) is 7.92. The molecule has 2 aliphatic rings. The average Bonchev–Trinajstić information content (AvgIpc) is 2.90. The van der Waals surface area contributed by atoms with Gasteiger partial charge in [-0.1, -0.05) is 43.6 Å². The summed E-state index contributed by atoms with van der Waals surface area (Å²) >= 11 is 6.51. The van der Waals surface area contributed by atoms with Crippen molar-refractivity contribution in [2.45, 2.75) is 60.0 Å². The van der Waals surface area contributed by atoms with Gasteiger partial charge in [-0.3, -0.25) is 9.69 Å². The van der Waals surface area contributed by atoms with Crippen molar-refractivity contribution >= 4 is 23.1 Å². The molecule has 3 aromatic carbocycles. The quantitative estimate of drug-likeness (QED) is 0.337. The molecule has 1 unspecified atom stereocenters. The van der Waals surface area contributed by atoms with Crippen LogP contribution in [0.2, 0.25) is 5.02 Å². The second-order valence-electron chi connectivity index (χ2n) is 11.8. The van der Waals surface area contributed by atoms with Crippen LogP contribution in [0.5, 0.6) is 5.75 Å². The summed E-state index contributed by atoms with van der Waals surface area (Å²) in [4.78, 5) is 15.8. The molecular weight excluding hydrogens is 537 g/mol. The van der Waals surface area contributed by atoms with E-state index < -0.39 is 5.92 Å². The number of aryl methyl sites for hydroxylation is 3. The lowest BCUT2D eigenvalue weighted by atomic mass is 9.68. The number of nitrogens with zero attached hydrogens (tertiary/aromatic N) is 2. The zero-order chi connectivity index (χ0) is 29.6. The molecule has 1 heterocycles. The molecule has 41 heavy (non-hydrogen) atoms. The highest BCUT2D eigenvalue weighted by atomic mass is 35.5. The van der Waals surface area contributed by atoms with E-state index in [0.29, 0.717) is 40.6 Å². The summed E-state index contributed by atoms with van der Waals surface area (Å²) in [6.07, 6.45) is 0.982. The Kier molecular flexibility index (Phi) is 7.44. The average molecular weight is 570 g/mol. The molecule has 2 N–H and O–H groups in total. The zero-order valence-corrected chi connectivity index (χ0v) is 24.7. The van der Waals surface area contributed by atoms with Crippen LogP contribution in [0.3, 0.4) is 0 Å². The third-order valence-corrected chi connectivity index (χ3v) is 8.45. The zero-order valence-electron chi connectivity index (χ0n) is 23.9. The Morgan fingerprint density at radius 1 is 1.05 bits per heavy atom. The molecule has 1 aliphatic heterocycles. The van der Waals surface area contributed by atoms with Crippen LogP contribution >= 0.6 is 11.6 Å². The highest BCUT2D eigenvalue weighted by molar-refractivity contribution is 6.31. The summed E-state index contributed by atoms with van der Waals surface area (Å²) in [6.45, 7) is 10.3. The van der Waals surface area contributed by atoms with Crippen LogP contribution in [0.25, 0.3) is 0 Å². The number of hydrogen-bond donors (Lipinski definition) is 1. The minimum atomic E-state index is -0.610. The number of allylic oxidation sites excluding steroid dienone is 3. The lowest BCUT2D eigenvalue weighted by molar-refractivity contribution is -0.118. The predicted molar refractivity (Wildman–Crippen MR) is 160 cm³/mol. The molecule has 5 nitrogen and oxygen atoms in total. The van der Waals surface area contributed by atoms with Gasteiger partial charge in [0.15, 0.2) is 5.78 Å². The Morgan fingerprint density at radius 3 is 2.41 bits per heavy atom. The van der Waals surface area contributed by atoms with E-state index in [9.17, 15) is 14.4 Å². The van der Waals surface area contributed by atoms with Gasteiger partial charge in [0.05, 0.1) is 17.6 Å². The van der Waals surface area contributed by atoms with E-state index in [-0.39, 0.29) is 23.6 Å². The van der Waals surface area contributed by atoms with Crippen molar-refractivity contribution in [3.05, 3.63) is 116 Å². The Labute approximate surface area is 245 Å². The molecule has 5 rings (SSSR count). The molecule has 7 heteroatoms. The molecule has 0 bridgehead atoms. The third kappa shape index (κ3) is 5.35. The molecule has 0 fully saturated rings. The van der Waals surface area contributed by atoms with Crippen LogP contribution in [0.4, 0.5) is 10.1 Å². The molecular formula is C34H33ClFN3O2. The number of nitrogens with two attached hydrogens (primary N) is 1. The van der Waals surface area contributed by atoms with E-state index in [1.807, 2.05) is 56.0 Å². The maximum absolute atomic E-state index is 14.0. The SMILES string of the molecule is Cc1ccc(N2C(N)=C(C#N)C(c3cc(COc4ccc(F)cc4)c(C)cc3C)C3=C2CC(C)(C)CC3=O)cc1Cl. The van der Waals surface area contributed by atoms with Gasteiger partial charge in [0.25, 0.3) is 0 Å². The molecule has 1 atom stereocenters. The van der Waals surface area contributed by atoms with Crippen molar-refractivity contribution in [3.63, 3.8) is 0 Å². The van der Waals surface area contributed by atoms with Crippen molar-refractivity contribution < 1.29 is 13.9 Å². The number of carbonyl (C=O) groups excluding carboxylic acids is 1. The van der Waals surface area contributed by atoms with Crippen LogP contribution in [-0.4, -0.2) is 5.78 Å². The highest BCUT2D eigenvalue weighted by Crippen LogP contribution is 2.51. The Bertz CT molecular complexity index is 1660. The van der Waals surface area contributed by atoms with Crippen molar-refractivity contribution in [3.8, 4) is 11.8 Å². The van der Waals surface area contributed by atoms with Gasteiger partial charge in [0, 0.05) is 28.4 Å². The largest absolute Gasteiger partial charge is 0.489 e. The molecule has 1 aliphatic carbocycles. The van der Waals surface area contributed by atoms with Gasteiger partial charge in [-0.15, -0.1) is 0 Å². The highest BCUT2D eigenvalue weighted by Gasteiger charge is 2.45. The number of halogens is 2. The van der Waals surface area contributed by atoms with Crippen LogP contribution < -0.4 is 15.4 Å². The fourth-order valence-electron chi connectivity index (χ4n) is 5.91. The van der Waals surface area contributed by atoms with E-state index in [0.717, 1.165) is 39.2 Å². The fourth-order valence-corrected chi connectivity index (χ4v) is 6.08. The Morgan fingerprint density at radius 2 is 1.76 bits per heavy atom. The van der Waals surface area contributed by atoms with E-state index in [1.165, 1.54) is 12.1 Å².